The number of esters is 1. The van der Waals surface area contributed by atoms with E-state index in [9.17, 15) is 4.79 Å². The highest BCUT2D eigenvalue weighted by atomic mass is 16.5. The molecule has 0 saturated carbocycles. The largest absolute Gasteiger partial charge is 0.496 e. The maximum atomic E-state index is 12.7. The lowest BCUT2D eigenvalue weighted by molar-refractivity contribution is 0.0729. The predicted molar refractivity (Wildman–Crippen MR) is 93.9 cm³/mol. The highest BCUT2D eigenvalue weighted by Crippen LogP contribution is 2.36. The van der Waals surface area contributed by atoms with Crippen molar-refractivity contribution in [1.82, 2.24) is 0 Å². The molecule has 2 N–H and O–H groups in total. The second-order valence-corrected chi connectivity index (χ2v) is 5.40. The van der Waals surface area contributed by atoms with E-state index in [4.69, 9.17) is 19.9 Å². The van der Waals surface area contributed by atoms with Crippen molar-refractivity contribution in [2.75, 3.05) is 19.5 Å². The zero-order valence-corrected chi connectivity index (χ0v) is 14.3. The summed E-state index contributed by atoms with van der Waals surface area (Å²) in [5.74, 6) is 0.816. The third-order valence-corrected chi connectivity index (χ3v) is 3.64. The van der Waals surface area contributed by atoms with Gasteiger partial charge in [0, 0.05) is 11.6 Å². The standard InChI is InChI=1S/C19H23NO4/c1-4-5-11-23-18-15(20)12-16(22-3)13(2)17(18)19(21)24-14-9-7-6-8-10-14/h6-10,12H,4-5,11,20H2,1-3H3. The predicted octanol–water partition coefficient (Wildman–Crippen LogP) is 3.98. The number of anilines is 1. The fourth-order valence-corrected chi connectivity index (χ4v) is 2.33. The number of methoxy groups -OCH3 is 1. The summed E-state index contributed by atoms with van der Waals surface area (Å²) in [6, 6.07) is 10.5. The van der Waals surface area contributed by atoms with Gasteiger partial charge < -0.3 is 19.9 Å². The molecule has 0 aliphatic heterocycles. The smallest absolute Gasteiger partial charge is 0.347 e. The molecule has 0 aliphatic rings. The Morgan fingerprint density at radius 1 is 1.21 bits per heavy atom. The Balaban J connectivity index is 2.40. The molecule has 0 heterocycles. The zero-order valence-electron chi connectivity index (χ0n) is 14.3. The van der Waals surface area contributed by atoms with E-state index in [1.165, 1.54) is 7.11 Å². The Hall–Kier alpha value is -2.69. The molecule has 2 aromatic carbocycles. The van der Waals surface area contributed by atoms with Crippen molar-refractivity contribution in [2.45, 2.75) is 26.7 Å². The SMILES string of the molecule is CCCCOc1c(N)cc(OC)c(C)c1C(=O)Oc1ccccc1. The van der Waals surface area contributed by atoms with Crippen LogP contribution in [0.4, 0.5) is 5.69 Å². The van der Waals surface area contributed by atoms with E-state index < -0.39 is 5.97 Å². The number of nitrogen functional groups attached to an aromatic ring is 1. The molecule has 2 rings (SSSR count). The lowest BCUT2D eigenvalue weighted by atomic mass is 10.0. The lowest BCUT2D eigenvalue weighted by Crippen LogP contribution is -2.15. The second-order valence-electron chi connectivity index (χ2n) is 5.40. The van der Waals surface area contributed by atoms with Crippen molar-refractivity contribution in [2.24, 2.45) is 0 Å². The minimum atomic E-state index is -0.518. The molecule has 0 spiro atoms. The topological polar surface area (TPSA) is 70.8 Å². The van der Waals surface area contributed by atoms with Gasteiger partial charge in [0.05, 0.1) is 19.4 Å². The van der Waals surface area contributed by atoms with Crippen LogP contribution in [0.5, 0.6) is 17.2 Å². The fraction of sp³-hybridized carbons (Fsp3) is 0.316. The first-order valence-corrected chi connectivity index (χ1v) is 7.95. The summed E-state index contributed by atoms with van der Waals surface area (Å²) in [5, 5.41) is 0. The monoisotopic (exact) mass is 329 g/mol. The maximum Gasteiger partial charge on any atom is 0.347 e. The number of carbonyl (C=O) groups excluding carboxylic acids is 1. The fourth-order valence-electron chi connectivity index (χ4n) is 2.33. The van der Waals surface area contributed by atoms with Gasteiger partial charge in [-0.3, -0.25) is 0 Å². The van der Waals surface area contributed by atoms with Crippen LogP contribution in [0.15, 0.2) is 36.4 Å². The molecule has 128 valence electrons. The highest BCUT2D eigenvalue weighted by Gasteiger charge is 2.24. The third-order valence-electron chi connectivity index (χ3n) is 3.64. The van der Waals surface area contributed by atoms with E-state index in [-0.39, 0.29) is 0 Å². The minimum absolute atomic E-state index is 0.298. The van der Waals surface area contributed by atoms with Crippen molar-refractivity contribution >= 4 is 11.7 Å². The van der Waals surface area contributed by atoms with Crippen LogP contribution in [0.2, 0.25) is 0 Å². The average molecular weight is 329 g/mol. The van der Waals surface area contributed by atoms with Gasteiger partial charge in [0.1, 0.15) is 17.1 Å². The number of ether oxygens (including phenoxy) is 3. The summed E-state index contributed by atoms with van der Waals surface area (Å²) < 4.78 is 16.5. The van der Waals surface area contributed by atoms with Gasteiger partial charge in [0.2, 0.25) is 0 Å². The molecule has 2 aromatic rings. The van der Waals surface area contributed by atoms with Crippen molar-refractivity contribution in [1.29, 1.82) is 0 Å². The molecule has 5 heteroatoms. The normalized spacial score (nSPS) is 10.3. The Labute approximate surface area is 142 Å². The number of hydrogen-bond acceptors (Lipinski definition) is 5. The summed E-state index contributed by atoms with van der Waals surface area (Å²) >= 11 is 0. The second kappa shape index (κ2) is 8.24. The van der Waals surface area contributed by atoms with Crippen LogP contribution in [-0.2, 0) is 0 Å². The first-order valence-electron chi connectivity index (χ1n) is 7.95. The molecular weight excluding hydrogens is 306 g/mol. The number of unbranched alkanes of at least 4 members (excludes halogenated alkanes) is 1. The summed E-state index contributed by atoms with van der Waals surface area (Å²) in [6.45, 7) is 4.33. The molecule has 24 heavy (non-hydrogen) atoms. The van der Waals surface area contributed by atoms with Gasteiger partial charge in [-0.15, -0.1) is 0 Å². The Morgan fingerprint density at radius 2 is 1.92 bits per heavy atom. The Bertz CT molecular complexity index is 698. The molecule has 0 unspecified atom stereocenters. The van der Waals surface area contributed by atoms with E-state index in [0.717, 1.165) is 12.8 Å². The number of nitrogens with two attached hydrogens (primary N) is 1. The summed E-state index contributed by atoms with van der Waals surface area (Å²) in [5.41, 5.74) is 7.36. The first-order chi connectivity index (χ1) is 11.6. The van der Waals surface area contributed by atoms with E-state index in [2.05, 4.69) is 6.92 Å². The summed E-state index contributed by atoms with van der Waals surface area (Å²) in [7, 11) is 1.53. The van der Waals surface area contributed by atoms with E-state index in [1.54, 1.807) is 37.3 Å². The van der Waals surface area contributed by atoms with E-state index in [1.807, 2.05) is 6.07 Å². The number of rotatable bonds is 7. The molecule has 0 bridgehead atoms. The van der Waals surface area contributed by atoms with Gasteiger partial charge in [-0.05, 0) is 25.5 Å². The van der Waals surface area contributed by atoms with E-state index in [0.29, 0.717) is 40.7 Å². The van der Waals surface area contributed by atoms with Crippen molar-refractivity contribution in [3.05, 3.63) is 47.5 Å². The van der Waals surface area contributed by atoms with Crippen molar-refractivity contribution < 1.29 is 19.0 Å². The van der Waals surface area contributed by atoms with E-state index >= 15 is 0 Å². The molecule has 0 aliphatic carbocycles. The molecule has 0 radical (unpaired) electrons. The molecule has 0 atom stereocenters. The Morgan fingerprint density at radius 3 is 2.54 bits per heavy atom. The molecule has 5 nitrogen and oxygen atoms in total. The number of benzene rings is 2. The number of hydrogen-bond donors (Lipinski definition) is 1. The van der Waals surface area contributed by atoms with Crippen molar-refractivity contribution in [3.63, 3.8) is 0 Å². The lowest BCUT2D eigenvalue weighted by Gasteiger charge is -2.17. The minimum Gasteiger partial charge on any atom is -0.496 e. The van der Waals surface area contributed by atoms with Gasteiger partial charge in [0.25, 0.3) is 0 Å². The quantitative estimate of drug-likeness (QED) is 0.360. The van der Waals surface area contributed by atoms with Crippen LogP contribution in [0.25, 0.3) is 0 Å². The highest BCUT2D eigenvalue weighted by molar-refractivity contribution is 5.98. The summed E-state index contributed by atoms with van der Waals surface area (Å²) in [6.07, 6.45) is 1.86. The first kappa shape index (κ1) is 17.7. The Kier molecular flexibility index (Phi) is 6.07. The summed E-state index contributed by atoms with van der Waals surface area (Å²) in [4.78, 5) is 12.7. The average Bonchev–Trinajstić information content (AvgIpc) is 2.58. The van der Waals surface area contributed by atoms with Crippen LogP contribution >= 0.6 is 0 Å². The van der Waals surface area contributed by atoms with Crippen LogP contribution < -0.4 is 19.9 Å². The van der Waals surface area contributed by atoms with Crippen LogP contribution in [0.1, 0.15) is 35.7 Å². The van der Waals surface area contributed by atoms with Gasteiger partial charge >= 0.3 is 5.97 Å². The molecule has 0 saturated heterocycles. The van der Waals surface area contributed by atoms with Gasteiger partial charge in [0.15, 0.2) is 5.75 Å². The van der Waals surface area contributed by atoms with Crippen LogP contribution in [0, 0.1) is 6.92 Å². The molecule has 0 aromatic heterocycles. The van der Waals surface area contributed by atoms with Crippen LogP contribution in [-0.4, -0.2) is 19.7 Å². The zero-order chi connectivity index (χ0) is 17.5. The van der Waals surface area contributed by atoms with Crippen molar-refractivity contribution in [3.8, 4) is 17.2 Å². The maximum absolute atomic E-state index is 12.7. The number of carbonyl (C=O) groups is 1. The van der Waals surface area contributed by atoms with Gasteiger partial charge in [-0.2, -0.15) is 0 Å². The number of para-hydroxylation sites is 1. The molecule has 0 fully saturated rings. The van der Waals surface area contributed by atoms with Gasteiger partial charge in [-0.1, -0.05) is 31.5 Å². The third kappa shape index (κ3) is 3.98. The molecular formula is C19H23NO4. The van der Waals surface area contributed by atoms with Gasteiger partial charge in [-0.25, -0.2) is 4.79 Å². The molecule has 0 amide bonds. The van der Waals surface area contributed by atoms with Crippen LogP contribution in [0.3, 0.4) is 0 Å².